The quantitative estimate of drug-likeness (QED) is 0.837. The molecule has 1 fully saturated rings. The zero-order valence-corrected chi connectivity index (χ0v) is 16.0. The summed E-state index contributed by atoms with van der Waals surface area (Å²) < 4.78 is 0. The van der Waals surface area contributed by atoms with Crippen molar-refractivity contribution in [2.45, 2.75) is 36.1 Å². The van der Waals surface area contributed by atoms with Crippen LogP contribution in [0.3, 0.4) is 0 Å². The number of carbonyl (C=O) groups excluding carboxylic acids is 1. The number of pyridine rings is 2. The second-order valence-corrected chi connectivity index (χ2v) is 8.22. The molecule has 8 heteroatoms. The average molecular weight is 390 g/mol. The smallest absolute Gasteiger partial charge is 0.253 e. The number of halogens is 1. The summed E-state index contributed by atoms with van der Waals surface area (Å²) in [5, 5.41) is 3.34. The Hall–Kier alpha value is -1.99. The number of nitrogens with zero attached hydrogens (tertiary/aromatic N) is 3. The molecule has 2 aliphatic rings. The number of aromatic nitrogens is 2. The lowest BCUT2D eigenvalue weighted by Crippen LogP contribution is -2.34. The fraction of sp³-hybridized carbons (Fsp3) is 0.389. The molecule has 0 spiro atoms. The minimum absolute atomic E-state index is 0.0605. The molecule has 1 amide bonds. The van der Waals surface area contributed by atoms with Gasteiger partial charge in [-0.2, -0.15) is 0 Å². The second kappa shape index (κ2) is 6.96. The summed E-state index contributed by atoms with van der Waals surface area (Å²) in [4.78, 5) is 25.0. The van der Waals surface area contributed by atoms with Gasteiger partial charge in [-0.1, -0.05) is 30.3 Å². The van der Waals surface area contributed by atoms with Crippen LogP contribution in [0.1, 0.15) is 35.7 Å². The van der Waals surface area contributed by atoms with E-state index in [4.69, 9.17) is 22.3 Å². The van der Waals surface area contributed by atoms with Gasteiger partial charge >= 0.3 is 0 Å². The van der Waals surface area contributed by atoms with E-state index in [9.17, 15) is 4.79 Å². The fourth-order valence-electron chi connectivity index (χ4n) is 3.41. The Morgan fingerprint density at radius 2 is 2.08 bits per heavy atom. The normalized spacial score (nSPS) is 17.3. The Bertz CT molecular complexity index is 867. The van der Waals surface area contributed by atoms with Gasteiger partial charge in [0.2, 0.25) is 0 Å². The van der Waals surface area contributed by atoms with Crippen LogP contribution in [0.15, 0.2) is 28.3 Å². The monoisotopic (exact) mass is 389 g/mol. The Kier molecular flexibility index (Phi) is 4.67. The van der Waals surface area contributed by atoms with Gasteiger partial charge in [-0.25, -0.2) is 9.97 Å². The molecule has 6 nitrogen and oxygen atoms in total. The lowest BCUT2D eigenvalue weighted by atomic mass is 9.98. The summed E-state index contributed by atoms with van der Waals surface area (Å²) in [5.41, 5.74) is 7.47. The third-order valence-corrected chi connectivity index (χ3v) is 6.56. The highest BCUT2D eigenvalue weighted by molar-refractivity contribution is 7.99. The van der Waals surface area contributed by atoms with Crippen molar-refractivity contribution in [1.82, 2.24) is 15.3 Å². The number of fused-ring (bicyclic) bond motifs is 1. The van der Waals surface area contributed by atoms with E-state index in [0.29, 0.717) is 17.1 Å². The topological polar surface area (TPSA) is 84.1 Å². The minimum atomic E-state index is -0.0605. The minimum Gasteiger partial charge on any atom is -0.382 e. The second-order valence-electron chi connectivity index (χ2n) is 6.76. The van der Waals surface area contributed by atoms with Crippen molar-refractivity contribution in [2.75, 3.05) is 23.7 Å². The maximum atomic E-state index is 12.5. The number of amides is 1. The van der Waals surface area contributed by atoms with Gasteiger partial charge in [0.1, 0.15) is 11.6 Å². The largest absolute Gasteiger partial charge is 0.382 e. The molecule has 0 saturated carbocycles. The van der Waals surface area contributed by atoms with Crippen LogP contribution >= 0.6 is 23.4 Å². The van der Waals surface area contributed by atoms with Gasteiger partial charge in [0.05, 0.1) is 10.6 Å². The van der Waals surface area contributed by atoms with Crippen molar-refractivity contribution in [1.29, 1.82) is 0 Å². The molecule has 0 aliphatic carbocycles. The molecule has 2 aliphatic heterocycles. The summed E-state index contributed by atoms with van der Waals surface area (Å²) in [5.74, 6) is 1.89. The summed E-state index contributed by atoms with van der Waals surface area (Å²) in [7, 11) is 0. The zero-order valence-electron chi connectivity index (χ0n) is 14.5. The van der Waals surface area contributed by atoms with Crippen LogP contribution in [0.4, 0.5) is 11.6 Å². The first-order chi connectivity index (χ1) is 12.5. The fourth-order valence-corrected chi connectivity index (χ4v) is 4.62. The molecule has 0 bridgehead atoms. The molecular weight excluding hydrogens is 370 g/mol. The standard InChI is InChI=1S/C18H20ClN5OS/c1-10-3-6-24(7-4-10)17-11-8-23-18(25)14(11)13(9-22-17)26-12-2-5-21-16(20)15(12)19/h2,5,9-10H,3-4,6-8H2,1H3,(H2,20,21)(H,23,25). The zero-order chi connectivity index (χ0) is 18.3. The molecule has 26 heavy (non-hydrogen) atoms. The van der Waals surface area contributed by atoms with E-state index in [2.05, 4.69) is 22.1 Å². The number of nitrogens with two attached hydrogens (primary N) is 1. The summed E-state index contributed by atoms with van der Waals surface area (Å²) in [6.07, 6.45) is 5.69. The lowest BCUT2D eigenvalue weighted by molar-refractivity contribution is 0.0963. The molecule has 4 heterocycles. The van der Waals surface area contributed by atoms with Crippen LogP contribution in [-0.4, -0.2) is 29.0 Å². The van der Waals surface area contributed by atoms with Crippen molar-refractivity contribution in [3.05, 3.63) is 34.6 Å². The van der Waals surface area contributed by atoms with Crippen molar-refractivity contribution in [3.63, 3.8) is 0 Å². The number of nitrogen functional groups attached to an aromatic ring is 1. The number of hydrogen-bond acceptors (Lipinski definition) is 6. The van der Waals surface area contributed by atoms with E-state index in [1.165, 1.54) is 11.8 Å². The molecule has 0 radical (unpaired) electrons. The first-order valence-electron chi connectivity index (χ1n) is 8.67. The van der Waals surface area contributed by atoms with Gasteiger partial charge in [0.25, 0.3) is 5.91 Å². The lowest BCUT2D eigenvalue weighted by Gasteiger charge is -2.32. The molecule has 0 unspecified atom stereocenters. The molecule has 3 N–H and O–H groups in total. The van der Waals surface area contributed by atoms with E-state index < -0.39 is 0 Å². The molecule has 2 aromatic rings. The van der Waals surface area contributed by atoms with Gasteiger partial charge in [0.15, 0.2) is 0 Å². The van der Waals surface area contributed by atoms with Crippen molar-refractivity contribution in [2.24, 2.45) is 5.92 Å². The van der Waals surface area contributed by atoms with Crippen LogP contribution < -0.4 is 16.0 Å². The van der Waals surface area contributed by atoms with Gasteiger partial charge in [-0.3, -0.25) is 4.79 Å². The number of rotatable bonds is 3. The maximum absolute atomic E-state index is 12.5. The number of anilines is 2. The molecular formula is C18H20ClN5OS. The van der Waals surface area contributed by atoms with Gasteiger partial charge in [-0.15, -0.1) is 0 Å². The summed E-state index contributed by atoms with van der Waals surface area (Å²) >= 11 is 7.66. The Morgan fingerprint density at radius 3 is 2.85 bits per heavy atom. The molecule has 0 atom stereocenters. The third kappa shape index (κ3) is 3.10. The average Bonchev–Trinajstić information content (AvgIpc) is 3.02. The van der Waals surface area contributed by atoms with Gasteiger partial charge in [-0.05, 0) is 24.8 Å². The predicted octanol–water partition coefficient (Wildman–Crippen LogP) is 3.34. The highest BCUT2D eigenvalue weighted by Crippen LogP contribution is 2.40. The van der Waals surface area contributed by atoms with Crippen LogP contribution in [0, 0.1) is 5.92 Å². The Morgan fingerprint density at radius 1 is 1.31 bits per heavy atom. The van der Waals surface area contributed by atoms with Gasteiger partial charge in [0, 0.05) is 47.4 Å². The third-order valence-electron chi connectivity index (χ3n) is 4.96. The van der Waals surface area contributed by atoms with E-state index in [1.54, 1.807) is 18.5 Å². The Balaban J connectivity index is 1.70. The number of nitrogens with one attached hydrogen (secondary N) is 1. The first kappa shape index (κ1) is 17.4. The SMILES string of the molecule is CC1CCN(c2ncc(Sc3ccnc(N)c3Cl)c3c2CNC3=O)CC1. The number of hydrogen-bond donors (Lipinski definition) is 2. The molecule has 136 valence electrons. The maximum Gasteiger partial charge on any atom is 0.253 e. The van der Waals surface area contributed by atoms with Gasteiger partial charge < -0.3 is 16.0 Å². The molecule has 2 aromatic heterocycles. The number of piperidine rings is 1. The van der Waals surface area contributed by atoms with Crippen LogP contribution in [0.5, 0.6) is 0 Å². The highest BCUT2D eigenvalue weighted by atomic mass is 35.5. The van der Waals surface area contributed by atoms with Crippen molar-refractivity contribution < 1.29 is 4.79 Å². The predicted molar refractivity (Wildman–Crippen MR) is 104 cm³/mol. The van der Waals surface area contributed by atoms with Crippen LogP contribution in [-0.2, 0) is 6.54 Å². The van der Waals surface area contributed by atoms with Crippen molar-refractivity contribution >= 4 is 40.9 Å². The van der Waals surface area contributed by atoms with E-state index in [0.717, 1.165) is 53.0 Å². The van der Waals surface area contributed by atoms with Crippen LogP contribution in [0.2, 0.25) is 5.02 Å². The first-order valence-corrected chi connectivity index (χ1v) is 9.87. The summed E-state index contributed by atoms with van der Waals surface area (Å²) in [6, 6.07) is 1.79. The number of carbonyl (C=O) groups is 1. The molecule has 4 rings (SSSR count). The summed E-state index contributed by atoms with van der Waals surface area (Å²) in [6.45, 7) is 4.76. The highest BCUT2D eigenvalue weighted by Gasteiger charge is 2.30. The molecule has 1 saturated heterocycles. The van der Waals surface area contributed by atoms with Crippen LogP contribution in [0.25, 0.3) is 0 Å². The Labute approximate surface area is 161 Å². The van der Waals surface area contributed by atoms with E-state index in [-0.39, 0.29) is 11.7 Å². The van der Waals surface area contributed by atoms with E-state index >= 15 is 0 Å². The van der Waals surface area contributed by atoms with E-state index in [1.807, 2.05) is 0 Å². The molecule has 0 aromatic carbocycles. The van der Waals surface area contributed by atoms with Crippen molar-refractivity contribution in [3.8, 4) is 0 Å².